The van der Waals surface area contributed by atoms with E-state index >= 15 is 0 Å². The van der Waals surface area contributed by atoms with Crippen LogP contribution in [0, 0.1) is 6.92 Å². The number of carbonyl (C=O) groups excluding carboxylic acids is 1. The fraction of sp³-hybridized carbons (Fsp3) is 0.125. The maximum atomic E-state index is 12.9. The first kappa shape index (κ1) is 23.0. The van der Waals surface area contributed by atoms with E-state index < -0.39 is 0 Å². The molecule has 3 aromatic carbocycles. The van der Waals surface area contributed by atoms with Crippen LogP contribution in [0.15, 0.2) is 66.7 Å². The third-order valence-electron chi connectivity index (χ3n) is 4.59. The van der Waals surface area contributed by atoms with E-state index in [1.54, 1.807) is 30.3 Å². The Hall–Kier alpha value is -3.13. The molecule has 1 heterocycles. The van der Waals surface area contributed by atoms with Gasteiger partial charge in [-0.15, -0.1) is 10.2 Å². The largest absolute Gasteiger partial charge is 0.489 e. The number of halogens is 2. The van der Waals surface area contributed by atoms with Gasteiger partial charge in [0.1, 0.15) is 29.7 Å². The van der Waals surface area contributed by atoms with Crippen LogP contribution in [0.1, 0.15) is 26.5 Å². The minimum Gasteiger partial charge on any atom is -0.489 e. The molecule has 0 atom stereocenters. The van der Waals surface area contributed by atoms with E-state index in [2.05, 4.69) is 15.5 Å². The molecule has 0 saturated heterocycles. The molecule has 4 rings (SSSR count). The minimum absolute atomic E-state index is 0.240. The number of carbonyl (C=O) groups is 1. The summed E-state index contributed by atoms with van der Waals surface area (Å²) in [7, 11) is 0. The highest BCUT2D eigenvalue weighted by atomic mass is 35.5. The summed E-state index contributed by atoms with van der Waals surface area (Å²) in [4.78, 5) is 12.9. The number of anilines is 1. The van der Waals surface area contributed by atoms with Crippen molar-refractivity contribution in [1.29, 1.82) is 0 Å². The van der Waals surface area contributed by atoms with Crippen molar-refractivity contribution >= 4 is 45.6 Å². The summed E-state index contributed by atoms with van der Waals surface area (Å²) in [6.45, 7) is 2.30. The van der Waals surface area contributed by atoms with E-state index in [-0.39, 0.29) is 19.1 Å². The lowest BCUT2D eigenvalue weighted by molar-refractivity contribution is 0.102. The fourth-order valence-corrected chi connectivity index (χ4v) is 3.91. The van der Waals surface area contributed by atoms with E-state index in [4.69, 9.17) is 32.7 Å². The zero-order chi connectivity index (χ0) is 23.2. The standard InChI is InChI=1S/C24H19Cl2N3O3S/c1-15-28-29-24(33-15)27-23(30)18-10-19(31-13-16-6-2-4-8-21(16)25)12-20(11-18)32-14-17-7-3-5-9-22(17)26/h2-12H,13-14H2,1H3,(H,27,29,30). The molecule has 0 fully saturated rings. The predicted molar refractivity (Wildman–Crippen MR) is 131 cm³/mol. The van der Waals surface area contributed by atoms with Crippen LogP contribution >= 0.6 is 34.5 Å². The van der Waals surface area contributed by atoms with Crippen LogP contribution in [0.4, 0.5) is 5.13 Å². The molecule has 1 N–H and O–H groups in total. The smallest absolute Gasteiger partial charge is 0.257 e. The second-order valence-corrected chi connectivity index (χ2v) is 9.03. The third-order valence-corrected chi connectivity index (χ3v) is 6.08. The van der Waals surface area contributed by atoms with E-state index in [0.717, 1.165) is 16.1 Å². The topological polar surface area (TPSA) is 73.3 Å². The average Bonchev–Trinajstić information content (AvgIpc) is 3.22. The van der Waals surface area contributed by atoms with Crippen molar-refractivity contribution in [2.75, 3.05) is 5.32 Å². The number of aryl methyl sites for hydroxylation is 1. The number of hydrogen-bond donors (Lipinski definition) is 1. The lowest BCUT2D eigenvalue weighted by Crippen LogP contribution is -2.12. The number of rotatable bonds is 8. The summed E-state index contributed by atoms with van der Waals surface area (Å²) >= 11 is 13.8. The lowest BCUT2D eigenvalue weighted by Gasteiger charge is -2.13. The Morgan fingerprint density at radius 2 is 1.42 bits per heavy atom. The Morgan fingerprint density at radius 1 is 0.879 bits per heavy atom. The van der Waals surface area contributed by atoms with Gasteiger partial charge in [0, 0.05) is 32.8 Å². The fourth-order valence-electron chi connectivity index (χ4n) is 2.94. The second-order valence-electron chi connectivity index (χ2n) is 7.03. The quantitative estimate of drug-likeness (QED) is 0.297. The predicted octanol–water partition coefficient (Wildman–Crippen LogP) is 6.56. The van der Waals surface area contributed by atoms with Gasteiger partial charge in [-0.1, -0.05) is 70.9 Å². The molecule has 9 heteroatoms. The van der Waals surface area contributed by atoms with Crippen molar-refractivity contribution in [3.63, 3.8) is 0 Å². The number of nitrogens with zero attached hydrogens (tertiary/aromatic N) is 2. The Labute approximate surface area is 205 Å². The van der Waals surface area contributed by atoms with Crippen molar-refractivity contribution in [3.05, 3.63) is 98.5 Å². The molecule has 0 saturated carbocycles. The Kier molecular flexibility index (Phi) is 7.44. The van der Waals surface area contributed by atoms with Crippen LogP contribution in [0.3, 0.4) is 0 Å². The molecule has 0 aliphatic heterocycles. The van der Waals surface area contributed by atoms with Gasteiger partial charge in [0.2, 0.25) is 5.13 Å². The first-order valence-corrected chi connectivity index (χ1v) is 11.5. The number of ether oxygens (including phenoxy) is 2. The van der Waals surface area contributed by atoms with Gasteiger partial charge in [-0.2, -0.15) is 0 Å². The van der Waals surface area contributed by atoms with Crippen molar-refractivity contribution in [2.24, 2.45) is 0 Å². The molecule has 4 aromatic rings. The number of hydrogen-bond acceptors (Lipinski definition) is 6. The molecular weight excluding hydrogens is 481 g/mol. The molecule has 0 aliphatic carbocycles. The summed E-state index contributed by atoms with van der Waals surface area (Å²) in [5, 5.41) is 13.0. The monoisotopic (exact) mass is 499 g/mol. The molecule has 0 radical (unpaired) electrons. The van der Waals surface area contributed by atoms with Crippen molar-refractivity contribution in [1.82, 2.24) is 10.2 Å². The number of nitrogens with one attached hydrogen (secondary N) is 1. The van der Waals surface area contributed by atoms with Gasteiger partial charge < -0.3 is 9.47 Å². The summed E-state index contributed by atoms with van der Waals surface area (Å²) < 4.78 is 11.9. The first-order chi connectivity index (χ1) is 16.0. The number of amides is 1. The molecule has 0 spiro atoms. The van der Waals surface area contributed by atoms with E-state index in [9.17, 15) is 4.79 Å². The van der Waals surface area contributed by atoms with E-state index in [1.807, 2.05) is 43.3 Å². The average molecular weight is 500 g/mol. The molecule has 0 bridgehead atoms. The Balaban J connectivity index is 1.56. The molecule has 168 valence electrons. The van der Waals surface area contributed by atoms with Crippen LogP contribution < -0.4 is 14.8 Å². The van der Waals surface area contributed by atoms with Crippen molar-refractivity contribution < 1.29 is 14.3 Å². The minimum atomic E-state index is -0.350. The third kappa shape index (κ3) is 6.22. The zero-order valence-electron chi connectivity index (χ0n) is 17.5. The maximum Gasteiger partial charge on any atom is 0.257 e. The first-order valence-electron chi connectivity index (χ1n) is 9.97. The van der Waals surface area contributed by atoms with Crippen LogP contribution in [0.25, 0.3) is 0 Å². The van der Waals surface area contributed by atoms with E-state index in [1.165, 1.54) is 11.3 Å². The van der Waals surface area contributed by atoms with Gasteiger partial charge in [-0.25, -0.2) is 0 Å². The lowest BCUT2D eigenvalue weighted by atomic mass is 10.2. The molecule has 0 unspecified atom stereocenters. The molecule has 1 aromatic heterocycles. The van der Waals surface area contributed by atoms with Gasteiger partial charge in [0.05, 0.1) is 0 Å². The summed E-state index contributed by atoms with van der Waals surface area (Å²) in [6, 6.07) is 19.8. The van der Waals surface area contributed by atoms with Gasteiger partial charge in [0.25, 0.3) is 5.91 Å². The second kappa shape index (κ2) is 10.7. The highest BCUT2D eigenvalue weighted by Crippen LogP contribution is 2.27. The van der Waals surface area contributed by atoms with Crippen molar-refractivity contribution in [3.8, 4) is 11.5 Å². The van der Waals surface area contributed by atoms with Gasteiger partial charge in [-0.05, 0) is 31.2 Å². The van der Waals surface area contributed by atoms with Gasteiger partial charge in [-0.3, -0.25) is 10.1 Å². The molecule has 1 amide bonds. The normalized spacial score (nSPS) is 10.6. The number of aromatic nitrogens is 2. The van der Waals surface area contributed by atoms with Crippen LogP contribution in [0.2, 0.25) is 10.0 Å². The van der Waals surface area contributed by atoms with Gasteiger partial charge >= 0.3 is 0 Å². The van der Waals surface area contributed by atoms with Crippen molar-refractivity contribution in [2.45, 2.75) is 20.1 Å². The summed E-state index contributed by atoms with van der Waals surface area (Å²) in [5.41, 5.74) is 2.02. The highest BCUT2D eigenvalue weighted by molar-refractivity contribution is 7.15. The van der Waals surface area contributed by atoms with Crippen LogP contribution in [-0.2, 0) is 13.2 Å². The highest BCUT2D eigenvalue weighted by Gasteiger charge is 2.14. The Morgan fingerprint density at radius 3 is 1.91 bits per heavy atom. The van der Waals surface area contributed by atoms with Crippen LogP contribution in [0.5, 0.6) is 11.5 Å². The van der Waals surface area contributed by atoms with E-state index in [0.29, 0.717) is 32.2 Å². The summed E-state index contributed by atoms with van der Waals surface area (Å²) in [5.74, 6) is 0.576. The molecule has 6 nitrogen and oxygen atoms in total. The maximum absolute atomic E-state index is 12.9. The van der Waals surface area contributed by atoms with Crippen LogP contribution in [-0.4, -0.2) is 16.1 Å². The number of benzene rings is 3. The molecule has 0 aliphatic rings. The Bertz CT molecular complexity index is 1210. The van der Waals surface area contributed by atoms with Gasteiger partial charge in [0.15, 0.2) is 0 Å². The molecule has 33 heavy (non-hydrogen) atoms. The SMILES string of the molecule is Cc1nnc(NC(=O)c2cc(OCc3ccccc3Cl)cc(OCc3ccccc3Cl)c2)s1. The summed E-state index contributed by atoms with van der Waals surface area (Å²) in [6.07, 6.45) is 0. The zero-order valence-corrected chi connectivity index (χ0v) is 19.9. The molecular formula is C24H19Cl2N3O3S.